The second-order valence-electron chi connectivity index (χ2n) is 4.59. The predicted octanol–water partition coefficient (Wildman–Crippen LogP) is 1.65. The average molecular weight is 188 g/mol. The standard InChI is InChI=1S/C12H16N2/c1-2-10-3-6-13-8-11(10)12(4-1)5-7-14-9-12/h3,6,8,14H,1-2,4-5,7,9H2. The number of nitrogens with one attached hydrogen (secondary N) is 1. The molecule has 2 heteroatoms. The highest BCUT2D eigenvalue weighted by atomic mass is 14.9. The Bertz CT molecular complexity index is 340. The molecule has 2 heterocycles. The van der Waals surface area contributed by atoms with Crippen LogP contribution < -0.4 is 5.32 Å². The van der Waals surface area contributed by atoms with Crippen LogP contribution in [0, 0.1) is 0 Å². The Morgan fingerprint density at radius 2 is 2.36 bits per heavy atom. The van der Waals surface area contributed by atoms with Crippen LogP contribution in [0.15, 0.2) is 18.5 Å². The predicted molar refractivity (Wildman–Crippen MR) is 56.3 cm³/mol. The van der Waals surface area contributed by atoms with Gasteiger partial charge >= 0.3 is 0 Å². The molecule has 74 valence electrons. The first-order valence-electron chi connectivity index (χ1n) is 5.55. The lowest BCUT2D eigenvalue weighted by atomic mass is 9.70. The van der Waals surface area contributed by atoms with Crippen molar-refractivity contribution < 1.29 is 0 Å². The Balaban J connectivity index is 2.10. The van der Waals surface area contributed by atoms with E-state index >= 15 is 0 Å². The van der Waals surface area contributed by atoms with Gasteiger partial charge in [-0.3, -0.25) is 4.98 Å². The van der Waals surface area contributed by atoms with Crippen molar-refractivity contribution in [2.75, 3.05) is 13.1 Å². The summed E-state index contributed by atoms with van der Waals surface area (Å²) in [5.41, 5.74) is 3.49. The Hall–Kier alpha value is -0.890. The van der Waals surface area contributed by atoms with Crippen LogP contribution in [0.1, 0.15) is 30.4 Å². The molecule has 0 saturated carbocycles. The Kier molecular flexibility index (Phi) is 1.84. The summed E-state index contributed by atoms with van der Waals surface area (Å²) in [6, 6.07) is 2.20. The van der Waals surface area contributed by atoms with Crippen molar-refractivity contribution in [3.63, 3.8) is 0 Å². The van der Waals surface area contributed by atoms with Crippen molar-refractivity contribution in [1.29, 1.82) is 0 Å². The van der Waals surface area contributed by atoms with Gasteiger partial charge in [-0.1, -0.05) is 0 Å². The van der Waals surface area contributed by atoms with Crippen molar-refractivity contribution in [2.24, 2.45) is 0 Å². The first-order chi connectivity index (χ1) is 6.91. The molecular formula is C12H16N2. The Morgan fingerprint density at radius 3 is 3.21 bits per heavy atom. The van der Waals surface area contributed by atoms with Gasteiger partial charge in [-0.25, -0.2) is 0 Å². The van der Waals surface area contributed by atoms with Crippen LogP contribution in [0.2, 0.25) is 0 Å². The summed E-state index contributed by atoms with van der Waals surface area (Å²) in [5, 5.41) is 3.50. The highest BCUT2D eigenvalue weighted by molar-refractivity contribution is 5.35. The third-order valence-electron chi connectivity index (χ3n) is 3.83. The molecular weight excluding hydrogens is 172 g/mol. The molecule has 1 aromatic rings. The molecule has 0 bridgehead atoms. The van der Waals surface area contributed by atoms with Gasteiger partial charge in [-0.2, -0.15) is 0 Å². The van der Waals surface area contributed by atoms with Gasteiger partial charge < -0.3 is 5.32 Å². The molecule has 2 nitrogen and oxygen atoms in total. The van der Waals surface area contributed by atoms with Gasteiger partial charge in [0.1, 0.15) is 0 Å². The molecule has 14 heavy (non-hydrogen) atoms. The van der Waals surface area contributed by atoms with Crippen molar-refractivity contribution in [3.8, 4) is 0 Å². The fraction of sp³-hybridized carbons (Fsp3) is 0.583. The molecule has 1 aliphatic heterocycles. The lowest BCUT2D eigenvalue weighted by Gasteiger charge is -2.34. The van der Waals surface area contributed by atoms with Gasteiger partial charge in [-0.05, 0) is 49.4 Å². The smallest absolute Gasteiger partial charge is 0.0308 e. The summed E-state index contributed by atoms with van der Waals surface area (Å²) >= 11 is 0. The van der Waals surface area contributed by atoms with Crippen molar-refractivity contribution >= 4 is 0 Å². The van der Waals surface area contributed by atoms with Crippen LogP contribution >= 0.6 is 0 Å². The molecule has 1 atom stereocenters. The fourth-order valence-electron chi connectivity index (χ4n) is 3.06. The van der Waals surface area contributed by atoms with E-state index in [0.29, 0.717) is 5.41 Å². The van der Waals surface area contributed by atoms with E-state index in [1.165, 1.54) is 43.4 Å². The first kappa shape index (κ1) is 8.42. The molecule has 0 amide bonds. The minimum absolute atomic E-state index is 0.432. The molecule has 1 saturated heterocycles. The van der Waals surface area contributed by atoms with E-state index in [-0.39, 0.29) is 0 Å². The van der Waals surface area contributed by atoms with Crippen molar-refractivity contribution in [3.05, 3.63) is 29.6 Å². The van der Waals surface area contributed by atoms with E-state index in [1.807, 2.05) is 6.20 Å². The second kappa shape index (κ2) is 3.06. The molecule has 1 N–H and O–H groups in total. The van der Waals surface area contributed by atoms with Gasteiger partial charge in [0, 0.05) is 24.4 Å². The summed E-state index contributed by atoms with van der Waals surface area (Å²) in [7, 11) is 0. The lowest BCUT2D eigenvalue weighted by molar-refractivity contribution is 0.391. The first-order valence-corrected chi connectivity index (χ1v) is 5.55. The van der Waals surface area contributed by atoms with Gasteiger partial charge in [0.25, 0.3) is 0 Å². The van der Waals surface area contributed by atoms with E-state index in [2.05, 4.69) is 22.6 Å². The van der Waals surface area contributed by atoms with E-state index in [1.54, 1.807) is 0 Å². The maximum Gasteiger partial charge on any atom is 0.0308 e. The topological polar surface area (TPSA) is 24.9 Å². The number of fused-ring (bicyclic) bond motifs is 2. The number of hydrogen-bond donors (Lipinski definition) is 1. The zero-order valence-corrected chi connectivity index (χ0v) is 8.42. The van der Waals surface area contributed by atoms with E-state index in [9.17, 15) is 0 Å². The van der Waals surface area contributed by atoms with Crippen LogP contribution in [-0.4, -0.2) is 18.1 Å². The molecule has 0 aromatic carbocycles. The average Bonchev–Trinajstić information content (AvgIpc) is 2.68. The second-order valence-corrected chi connectivity index (χ2v) is 4.59. The third-order valence-corrected chi connectivity index (χ3v) is 3.83. The largest absolute Gasteiger partial charge is 0.316 e. The quantitative estimate of drug-likeness (QED) is 0.669. The zero-order chi connectivity index (χ0) is 9.43. The minimum atomic E-state index is 0.432. The lowest BCUT2D eigenvalue weighted by Crippen LogP contribution is -2.33. The fourth-order valence-corrected chi connectivity index (χ4v) is 3.06. The van der Waals surface area contributed by atoms with Gasteiger partial charge in [-0.15, -0.1) is 0 Å². The van der Waals surface area contributed by atoms with Crippen LogP contribution in [0.25, 0.3) is 0 Å². The van der Waals surface area contributed by atoms with Crippen LogP contribution in [0.3, 0.4) is 0 Å². The number of aromatic nitrogens is 1. The highest BCUT2D eigenvalue weighted by Gasteiger charge is 2.38. The SMILES string of the molecule is c1cc2c(cn1)C1(CCC2)CCNC1. The van der Waals surface area contributed by atoms with Crippen molar-refractivity contribution in [1.82, 2.24) is 10.3 Å². The molecule has 1 aliphatic carbocycles. The normalized spacial score (nSPS) is 30.6. The van der Waals surface area contributed by atoms with E-state index in [4.69, 9.17) is 0 Å². The summed E-state index contributed by atoms with van der Waals surface area (Å²) in [5.74, 6) is 0. The number of rotatable bonds is 0. The number of aryl methyl sites for hydroxylation is 1. The molecule has 1 spiro atoms. The zero-order valence-electron chi connectivity index (χ0n) is 8.42. The third kappa shape index (κ3) is 1.10. The van der Waals surface area contributed by atoms with E-state index in [0.717, 1.165) is 6.54 Å². The van der Waals surface area contributed by atoms with E-state index < -0.39 is 0 Å². The summed E-state index contributed by atoms with van der Waals surface area (Å²) < 4.78 is 0. The Morgan fingerprint density at radius 1 is 1.36 bits per heavy atom. The van der Waals surface area contributed by atoms with Gasteiger partial charge in [0.05, 0.1) is 0 Å². The van der Waals surface area contributed by atoms with Crippen molar-refractivity contribution in [2.45, 2.75) is 31.1 Å². The number of hydrogen-bond acceptors (Lipinski definition) is 2. The maximum atomic E-state index is 4.29. The van der Waals surface area contributed by atoms with Crippen LogP contribution in [0.5, 0.6) is 0 Å². The van der Waals surface area contributed by atoms with Crippen LogP contribution in [0.4, 0.5) is 0 Å². The molecule has 3 rings (SSSR count). The van der Waals surface area contributed by atoms with Crippen LogP contribution in [-0.2, 0) is 11.8 Å². The van der Waals surface area contributed by atoms with Gasteiger partial charge in [0.2, 0.25) is 0 Å². The Labute approximate surface area is 84.7 Å². The molecule has 2 aliphatic rings. The molecule has 1 unspecified atom stereocenters. The summed E-state index contributed by atoms with van der Waals surface area (Å²) in [6.45, 7) is 2.33. The number of nitrogens with zero attached hydrogens (tertiary/aromatic N) is 1. The molecule has 1 fully saturated rings. The summed E-state index contributed by atoms with van der Waals surface area (Å²) in [6.07, 6.45) is 9.27. The summed E-state index contributed by atoms with van der Waals surface area (Å²) in [4.78, 5) is 4.29. The monoisotopic (exact) mass is 188 g/mol. The van der Waals surface area contributed by atoms with Gasteiger partial charge in [0.15, 0.2) is 0 Å². The minimum Gasteiger partial charge on any atom is -0.316 e. The number of pyridine rings is 1. The maximum absolute atomic E-state index is 4.29. The molecule has 1 aromatic heterocycles. The highest BCUT2D eigenvalue weighted by Crippen LogP contribution is 2.40. The molecule has 0 radical (unpaired) electrons.